The first-order valence-corrected chi connectivity index (χ1v) is 6.43. The van der Waals surface area contributed by atoms with Crippen LogP contribution in [0.25, 0.3) is 5.65 Å². The van der Waals surface area contributed by atoms with Crippen LogP contribution in [0, 0.1) is 11.6 Å². The van der Waals surface area contributed by atoms with E-state index >= 15 is 0 Å². The molecule has 0 atom stereocenters. The number of aromatic nitrogens is 3. The molecule has 0 saturated heterocycles. The van der Waals surface area contributed by atoms with Crippen LogP contribution < -0.4 is 5.32 Å². The summed E-state index contributed by atoms with van der Waals surface area (Å²) in [4.78, 5) is 7.40. The molecule has 4 nitrogen and oxygen atoms in total. The van der Waals surface area contributed by atoms with Gasteiger partial charge in [0.25, 0.3) is 0 Å². The molecule has 3 rings (SSSR count). The summed E-state index contributed by atoms with van der Waals surface area (Å²) in [6, 6.07) is 3.05. The first-order valence-electron chi connectivity index (χ1n) is 6.43. The maximum absolute atomic E-state index is 13.6. The molecule has 2 aromatic heterocycles. The first-order chi connectivity index (χ1) is 10.8. The van der Waals surface area contributed by atoms with Crippen molar-refractivity contribution in [3.8, 4) is 0 Å². The predicted octanol–water partition coefficient (Wildman–Crippen LogP) is 3.64. The zero-order valence-corrected chi connectivity index (χ0v) is 11.4. The van der Waals surface area contributed by atoms with E-state index < -0.39 is 23.5 Å². The molecule has 0 radical (unpaired) electrons. The van der Waals surface area contributed by atoms with Crippen LogP contribution in [0.2, 0.25) is 0 Å². The molecule has 0 aliphatic carbocycles. The van der Waals surface area contributed by atoms with Gasteiger partial charge in [0, 0.05) is 36.8 Å². The summed E-state index contributed by atoms with van der Waals surface area (Å²) >= 11 is 0. The van der Waals surface area contributed by atoms with Crippen molar-refractivity contribution in [3.05, 3.63) is 59.7 Å². The monoisotopic (exact) mass is 328 g/mol. The summed E-state index contributed by atoms with van der Waals surface area (Å²) in [5.74, 6) is -1.41. The van der Waals surface area contributed by atoms with E-state index in [0.29, 0.717) is 0 Å². The van der Waals surface area contributed by atoms with Crippen LogP contribution in [0.5, 0.6) is 0 Å². The third-order valence-corrected chi connectivity index (χ3v) is 3.13. The molecule has 1 N–H and O–H groups in total. The molecular formula is C14H9F5N4. The quantitative estimate of drug-likeness (QED) is 0.747. The lowest BCUT2D eigenvalue weighted by Gasteiger charge is -2.07. The summed E-state index contributed by atoms with van der Waals surface area (Å²) in [5, 5.41) is 2.70. The zero-order chi connectivity index (χ0) is 16.6. The van der Waals surface area contributed by atoms with Gasteiger partial charge in [0.05, 0.1) is 0 Å². The number of nitrogens with zero attached hydrogens (tertiary/aromatic N) is 3. The number of nitrogens with one attached hydrogen (secondary N) is 1. The molecule has 0 amide bonds. The van der Waals surface area contributed by atoms with Gasteiger partial charge < -0.3 is 9.72 Å². The topological polar surface area (TPSA) is 42.2 Å². The fraction of sp³-hybridized carbons (Fsp3) is 0.143. The Hall–Kier alpha value is -2.71. The summed E-state index contributed by atoms with van der Waals surface area (Å²) in [5.41, 5.74) is -0.943. The van der Waals surface area contributed by atoms with Crippen LogP contribution in [-0.4, -0.2) is 14.4 Å². The van der Waals surface area contributed by atoms with Gasteiger partial charge in [-0.15, -0.1) is 0 Å². The van der Waals surface area contributed by atoms with Crippen LogP contribution in [0.4, 0.5) is 27.8 Å². The van der Waals surface area contributed by atoms with Crippen molar-refractivity contribution < 1.29 is 22.0 Å². The van der Waals surface area contributed by atoms with E-state index in [1.807, 2.05) is 0 Å². The van der Waals surface area contributed by atoms with E-state index in [2.05, 4.69) is 15.3 Å². The highest BCUT2D eigenvalue weighted by molar-refractivity contribution is 5.63. The molecule has 1 aromatic carbocycles. The number of anilines is 1. The van der Waals surface area contributed by atoms with Gasteiger partial charge in [-0.3, -0.25) is 0 Å². The summed E-state index contributed by atoms with van der Waals surface area (Å²) in [6.07, 6.45) is -1.13. The molecule has 0 fully saturated rings. The minimum Gasteiger partial charge on any atom is -0.363 e. The van der Waals surface area contributed by atoms with Gasteiger partial charge in [-0.05, 0) is 6.07 Å². The second kappa shape index (κ2) is 5.49. The number of benzene rings is 1. The van der Waals surface area contributed by atoms with Crippen molar-refractivity contribution in [3.63, 3.8) is 0 Å². The van der Waals surface area contributed by atoms with E-state index in [9.17, 15) is 22.0 Å². The van der Waals surface area contributed by atoms with Crippen LogP contribution in [-0.2, 0) is 12.7 Å². The molecular weight excluding hydrogens is 319 g/mol. The third-order valence-electron chi connectivity index (χ3n) is 3.13. The van der Waals surface area contributed by atoms with E-state index in [1.54, 1.807) is 0 Å². The number of halogens is 5. The van der Waals surface area contributed by atoms with E-state index in [4.69, 9.17) is 0 Å². The zero-order valence-electron chi connectivity index (χ0n) is 11.4. The summed E-state index contributed by atoms with van der Waals surface area (Å²) in [6.45, 7) is -0.0764. The lowest BCUT2D eigenvalue weighted by atomic mass is 10.2. The van der Waals surface area contributed by atoms with Crippen molar-refractivity contribution in [2.75, 3.05) is 5.32 Å². The van der Waals surface area contributed by atoms with Gasteiger partial charge in [-0.25, -0.2) is 18.7 Å². The Balaban J connectivity index is 1.89. The number of hydrogen-bond donors (Lipinski definition) is 1. The Morgan fingerprint density at radius 3 is 2.65 bits per heavy atom. The summed E-state index contributed by atoms with van der Waals surface area (Å²) < 4.78 is 65.7. The second-order valence-corrected chi connectivity index (χ2v) is 4.72. The lowest BCUT2D eigenvalue weighted by molar-refractivity contribution is -0.140. The van der Waals surface area contributed by atoms with E-state index in [0.717, 1.165) is 18.3 Å². The Labute approximate surface area is 126 Å². The smallest absolute Gasteiger partial charge is 0.363 e. The molecule has 3 aromatic rings. The Morgan fingerprint density at radius 2 is 1.96 bits per heavy atom. The van der Waals surface area contributed by atoms with Gasteiger partial charge in [0.1, 0.15) is 11.6 Å². The average Bonchev–Trinajstić information content (AvgIpc) is 2.91. The van der Waals surface area contributed by atoms with Crippen LogP contribution >= 0.6 is 0 Å². The maximum Gasteiger partial charge on any atom is 0.434 e. The highest BCUT2D eigenvalue weighted by Gasteiger charge is 2.34. The fourth-order valence-corrected chi connectivity index (χ4v) is 2.03. The third kappa shape index (κ3) is 3.08. The molecule has 0 aliphatic rings. The van der Waals surface area contributed by atoms with Crippen molar-refractivity contribution in [2.45, 2.75) is 12.7 Å². The number of imidazole rings is 1. The van der Waals surface area contributed by atoms with Gasteiger partial charge in [-0.2, -0.15) is 13.2 Å². The standard InChI is InChI=1S/C14H9F5N4/c15-9-2-1-8(10(16)5-9)6-21-12-13-22-11(14(17,18)19)7-23(13)4-3-20-12/h1-5,7H,6H2,(H,20,21). The van der Waals surface area contributed by atoms with Gasteiger partial charge in [-0.1, -0.05) is 6.07 Å². The van der Waals surface area contributed by atoms with Crippen molar-refractivity contribution >= 4 is 11.5 Å². The maximum atomic E-state index is 13.6. The van der Waals surface area contributed by atoms with Crippen LogP contribution in [0.1, 0.15) is 11.3 Å². The molecule has 9 heteroatoms. The molecule has 23 heavy (non-hydrogen) atoms. The van der Waals surface area contributed by atoms with Gasteiger partial charge >= 0.3 is 6.18 Å². The average molecular weight is 328 g/mol. The van der Waals surface area contributed by atoms with E-state index in [1.165, 1.54) is 22.9 Å². The Morgan fingerprint density at radius 1 is 1.17 bits per heavy atom. The SMILES string of the molecule is Fc1ccc(CNc2nccn3cc(C(F)(F)F)nc23)c(F)c1. The van der Waals surface area contributed by atoms with Crippen molar-refractivity contribution in [1.82, 2.24) is 14.4 Å². The van der Waals surface area contributed by atoms with E-state index in [-0.39, 0.29) is 23.6 Å². The Bertz CT molecular complexity index is 856. The predicted molar refractivity (Wildman–Crippen MR) is 71.7 cm³/mol. The van der Waals surface area contributed by atoms with Crippen LogP contribution in [0.3, 0.4) is 0 Å². The normalized spacial score (nSPS) is 11.9. The van der Waals surface area contributed by atoms with Crippen LogP contribution in [0.15, 0.2) is 36.8 Å². The second-order valence-electron chi connectivity index (χ2n) is 4.72. The number of fused-ring (bicyclic) bond motifs is 1. The fourth-order valence-electron chi connectivity index (χ4n) is 2.03. The molecule has 2 heterocycles. The minimum atomic E-state index is -4.58. The van der Waals surface area contributed by atoms with Gasteiger partial charge in [0.15, 0.2) is 17.2 Å². The largest absolute Gasteiger partial charge is 0.434 e. The molecule has 0 unspecified atom stereocenters. The van der Waals surface area contributed by atoms with Gasteiger partial charge in [0.2, 0.25) is 0 Å². The molecule has 0 aliphatic heterocycles. The molecule has 0 bridgehead atoms. The molecule has 0 spiro atoms. The summed E-state index contributed by atoms with van der Waals surface area (Å²) in [7, 11) is 0. The minimum absolute atomic E-state index is 0.0395. The highest BCUT2D eigenvalue weighted by atomic mass is 19.4. The molecule has 0 saturated carbocycles. The molecule has 120 valence electrons. The van der Waals surface area contributed by atoms with Crippen molar-refractivity contribution in [1.29, 1.82) is 0 Å². The first kappa shape index (κ1) is 15.2. The van der Waals surface area contributed by atoms with Crippen molar-refractivity contribution in [2.24, 2.45) is 0 Å². The number of rotatable bonds is 3. The number of alkyl halides is 3. The Kier molecular flexibility index (Phi) is 3.63. The lowest BCUT2D eigenvalue weighted by Crippen LogP contribution is -2.06. The number of hydrogen-bond acceptors (Lipinski definition) is 3. The highest BCUT2D eigenvalue weighted by Crippen LogP contribution is 2.29.